The van der Waals surface area contributed by atoms with Crippen molar-refractivity contribution in [3.8, 4) is 0 Å². The van der Waals surface area contributed by atoms with E-state index in [0.29, 0.717) is 47.5 Å². The summed E-state index contributed by atoms with van der Waals surface area (Å²) in [6.45, 7) is 1.71. The molecule has 2 amide bonds. The number of rotatable bonds is 2. The number of hydrogen-bond donors (Lipinski definition) is 0. The van der Waals surface area contributed by atoms with E-state index in [-0.39, 0.29) is 11.8 Å². The first kappa shape index (κ1) is 16.7. The zero-order valence-electron chi connectivity index (χ0n) is 12.7. The molecule has 3 rings (SSSR count). The molecule has 1 aliphatic heterocycles. The van der Waals surface area contributed by atoms with Gasteiger partial charge in [0.05, 0.1) is 16.8 Å². The van der Waals surface area contributed by atoms with Gasteiger partial charge in [-0.15, -0.1) is 0 Å². The molecule has 0 unspecified atom stereocenters. The van der Waals surface area contributed by atoms with Crippen LogP contribution in [0.25, 0.3) is 0 Å². The Morgan fingerprint density at radius 3 is 2.25 bits per heavy atom. The summed E-state index contributed by atoms with van der Waals surface area (Å²) in [7, 11) is 0. The quantitative estimate of drug-likeness (QED) is 0.820. The Morgan fingerprint density at radius 1 is 0.958 bits per heavy atom. The summed E-state index contributed by atoms with van der Waals surface area (Å²) >= 11 is 12.0. The SMILES string of the molecule is O=C(c1cnccn1)N1CCN(C(=O)c2cc(Cl)ccc2Cl)CC1. The minimum absolute atomic E-state index is 0.184. The minimum atomic E-state index is -0.186. The standard InChI is InChI=1S/C16H14Cl2N4O2/c17-11-1-2-13(18)12(9-11)15(23)21-5-7-22(8-6-21)16(24)14-10-19-3-4-20-14/h1-4,9-10H,5-8H2. The lowest BCUT2D eigenvalue weighted by Crippen LogP contribution is -2.50. The number of halogens is 2. The van der Waals surface area contributed by atoms with Crippen LogP contribution < -0.4 is 0 Å². The van der Waals surface area contributed by atoms with Crippen molar-refractivity contribution >= 4 is 35.0 Å². The number of amides is 2. The molecule has 0 spiro atoms. The molecular formula is C16H14Cl2N4O2. The van der Waals surface area contributed by atoms with Gasteiger partial charge in [0.1, 0.15) is 5.69 Å². The summed E-state index contributed by atoms with van der Waals surface area (Å²) in [5, 5.41) is 0.821. The maximum Gasteiger partial charge on any atom is 0.274 e. The Morgan fingerprint density at radius 2 is 1.62 bits per heavy atom. The van der Waals surface area contributed by atoms with Crippen molar-refractivity contribution in [1.82, 2.24) is 19.8 Å². The van der Waals surface area contributed by atoms with Crippen molar-refractivity contribution in [1.29, 1.82) is 0 Å². The van der Waals surface area contributed by atoms with E-state index in [1.807, 2.05) is 0 Å². The van der Waals surface area contributed by atoms with Crippen LogP contribution in [0.4, 0.5) is 0 Å². The predicted molar refractivity (Wildman–Crippen MR) is 90.3 cm³/mol. The molecule has 6 nitrogen and oxygen atoms in total. The molecule has 1 fully saturated rings. The average molecular weight is 365 g/mol. The Bertz CT molecular complexity index is 762. The molecule has 8 heteroatoms. The smallest absolute Gasteiger partial charge is 0.274 e. The highest BCUT2D eigenvalue weighted by molar-refractivity contribution is 6.35. The van der Waals surface area contributed by atoms with Gasteiger partial charge >= 0.3 is 0 Å². The lowest BCUT2D eigenvalue weighted by molar-refractivity contribution is 0.0532. The number of hydrogen-bond acceptors (Lipinski definition) is 4. The molecule has 2 aromatic rings. The summed E-state index contributed by atoms with van der Waals surface area (Å²) in [4.78, 5) is 36.1. The van der Waals surface area contributed by atoms with Crippen molar-refractivity contribution < 1.29 is 9.59 Å². The third-order valence-electron chi connectivity index (χ3n) is 3.80. The van der Waals surface area contributed by atoms with Gasteiger partial charge in [0.25, 0.3) is 11.8 Å². The highest BCUT2D eigenvalue weighted by Crippen LogP contribution is 2.22. The van der Waals surface area contributed by atoms with Gasteiger partial charge in [-0.2, -0.15) is 0 Å². The highest BCUT2D eigenvalue weighted by Gasteiger charge is 2.27. The van der Waals surface area contributed by atoms with E-state index in [4.69, 9.17) is 23.2 Å². The molecule has 24 heavy (non-hydrogen) atoms. The van der Waals surface area contributed by atoms with Gasteiger partial charge in [0, 0.05) is 43.6 Å². The number of aromatic nitrogens is 2. The molecule has 1 aliphatic rings. The zero-order valence-corrected chi connectivity index (χ0v) is 14.2. The number of piperazine rings is 1. The Balaban J connectivity index is 1.66. The van der Waals surface area contributed by atoms with Gasteiger partial charge < -0.3 is 9.80 Å². The topological polar surface area (TPSA) is 66.4 Å². The second-order valence-corrected chi connectivity index (χ2v) is 6.14. The molecule has 2 heterocycles. The number of carbonyl (C=O) groups is 2. The average Bonchev–Trinajstić information content (AvgIpc) is 2.63. The Kier molecular flexibility index (Phi) is 4.97. The van der Waals surface area contributed by atoms with Crippen LogP contribution in [-0.2, 0) is 0 Å². The fourth-order valence-electron chi connectivity index (χ4n) is 2.52. The third kappa shape index (κ3) is 3.49. The maximum absolute atomic E-state index is 12.6. The normalized spacial score (nSPS) is 14.6. The van der Waals surface area contributed by atoms with Gasteiger partial charge in [0.2, 0.25) is 0 Å². The van der Waals surface area contributed by atoms with Crippen LogP contribution in [0.2, 0.25) is 10.0 Å². The zero-order chi connectivity index (χ0) is 17.1. The van der Waals surface area contributed by atoms with E-state index < -0.39 is 0 Å². The van der Waals surface area contributed by atoms with Gasteiger partial charge in [-0.3, -0.25) is 14.6 Å². The van der Waals surface area contributed by atoms with Crippen molar-refractivity contribution in [2.45, 2.75) is 0 Å². The first-order valence-electron chi connectivity index (χ1n) is 7.36. The third-order valence-corrected chi connectivity index (χ3v) is 4.36. The van der Waals surface area contributed by atoms with Gasteiger partial charge in [0.15, 0.2) is 0 Å². The van der Waals surface area contributed by atoms with Crippen molar-refractivity contribution in [2.24, 2.45) is 0 Å². The molecular weight excluding hydrogens is 351 g/mol. The summed E-state index contributed by atoms with van der Waals surface area (Å²) in [6.07, 6.45) is 4.43. The van der Waals surface area contributed by atoms with Crippen LogP contribution >= 0.6 is 23.2 Å². The van der Waals surface area contributed by atoms with Gasteiger partial charge in [-0.05, 0) is 18.2 Å². The summed E-state index contributed by atoms with van der Waals surface area (Å²) < 4.78 is 0. The molecule has 124 valence electrons. The molecule has 0 radical (unpaired) electrons. The molecule has 0 atom stereocenters. The number of benzene rings is 1. The first-order chi connectivity index (χ1) is 11.6. The Labute approximate surface area is 149 Å². The molecule has 1 saturated heterocycles. The van der Waals surface area contributed by atoms with Gasteiger partial charge in [-0.1, -0.05) is 23.2 Å². The molecule has 1 aromatic carbocycles. The van der Waals surface area contributed by atoms with Crippen molar-refractivity contribution in [3.05, 3.63) is 58.1 Å². The van der Waals surface area contributed by atoms with Crippen LogP contribution in [0.15, 0.2) is 36.8 Å². The molecule has 1 aromatic heterocycles. The predicted octanol–water partition coefficient (Wildman–Crippen LogP) is 2.38. The van der Waals surface area contributed by atoms with E-state index in [0.717, 1.165) is 0 Å². The summed E-state index contributed by atoms with van der Waals surface area (Å²) in [5.41, 5.74) is 0.674. The molecule has 0 saturated carbocycles. The molecule has 0 aliphatic carbocycles. The summed E-state index contributed by atoms with van der Waals surface area (Å²) in [5.74, 6) is -0.370. The minimum Gasteiger partial charge on any atom is -0.335 e. The molecule has 0 bridgehead atoms. The lowest BCUT2D eigenvalue weighted by Gasteiger charge is -2.34. The van der Waals surface area contributed by atoms with Crippen LogP contribution in [0.3, 0.4) is 0 Å². The van der Waals surface area contributed by atoms with Crippen LogP contribution in [0.1, 0.15) is 20.8 Å². The Hall–Kier alpha value is -2.18. The second kappa shape index (κ2) is 7.15. The van der Waals surface area contributed by atoms with E-state index in [2.05, 4.69) is 9.97 Å². The fourth-order valence-corrected chi connectivity index (χ4v) is 2.89. The van der Waals surface area contributed by atoms with E-state index in [9.17, 15) is 9.59 Å². The van der Waals surface area contributed by atoms with Crippen LogP contribution in [0.5, 0.6) is 0 Å². The van der Waals surface area contributed by atoms with Crippen LogP contribution in [0, 0.1) is 0 Å². The second-order valence-electron chi connectivity index (χ2n) is 5.30. The van der Waals surface area contributed by atoms with Crippen molar-refractivity contribution in [2.75, 3.05) is 26.2 Å². The van der Waals surface area contributed by atoms with Gasteiger partial charge in [-0.25, -0.2) is 4.98 Å². The monoisotopic (exact) mass is 364 g/mol. The van der Waals surface area contributed by atoms with E-state index in [1.165, 1.54) is 18.6 Å². The fraction of sp³-hybridized carbons (Fsp3) is 0.250. The first-order valence-corrected chi connectivity index (χ1v) is 8.11. The summed E-state index contributed by atoms with van der Waals surface area (Å²) in [6, 6.07) is 4.80. The van der Waals surface area contributed by atoms with E-state index >= 15 is 0 Å². The highest BCUT2D eigenvalue weighted by atomic mass is 35.5. The molecule has 0 N–H and O–H groups in total. The van der Waals surface area contributed by atoms with Crippen LogP contribution in [-0.4, -0.2) is 57.8 Å². The van der Waals surface area contributed by atoms with Crippen molar-refractivity contribution in [3.63, 3.8) is 0 Å². The largest absolute Gasteiger partial charge is 0.335 e. The number of carbonyl (C=O) groups excluding carboxylic acids is 2. The lowest BCUT2D eigenvalue weighted by atomic mass is 10.1. The maximum atomic E-state index is 12.6. The van der Waals surface area contributed by atoms with E-state index in [1.54, 1.807) is 28.0 Å². The number of nitrogens with zero attached hydrogens (tertiary/aromatic N) is 4.